The summed E-state index contributed by atoms with van der Waals surface area (Å²) in [5.41, 5.74) is 2.09. The number of alkyl halides is 1. The number of carbonyl (C=O) groups is 1. The van der Waals surface area contributed by atoms with Gasteiger partial charge in [0.15, 0.2) is 0 Å². The number of nitrogens with zero attached hydrogens (tertiary/aromatic N) is 5. The highest BCUT2D eigenvalue weighted by atomic mass is 19.1. The van der Waals surface area contributed by atoms with E-state index in [0.29, 0.717) is 25.9 Å². The number of hydrogen-bond donors (Lipinski definition) is 0. The van der Waals surface area contributed by atoms with E-state index in [0.717, 1.165) is 49.8 Å². The molecule has 0 aromatic carbocycles. The van der Waals surface area contributed by atoms with Gasteiger partial charge in [-0.2, -0.15) is 0 Å². The van der Waals surface area contributed by atoms with Gasteiger partial charge in [-0.25, -0.2) is 14.4 Å². The van der Waals surface area contributed by atoms with E-state index >= 15 is 0 Å². The van der Waals surface area contributed by atoms with Crippen molar-refractivity contribution in [2.45, 2.75) is 32.0 Å². The molecule has 24 heavy (non-hydrogen) atoms. The molecular formula is C17H24FN5O. The molecule has 0 radical (unpaired) electrons. The predicted molar refractivity (Wildman–Crippen MR) is 88.5 cm³/mol. The lowest BCUT2D eigenvalue weighted by Gasteiger charge is -2.36. The summed E-state index contributed by atoms with van der Waals surface area (Å²) in [5.74, 6) is 0.783. The normalized spacial score (nSPS) is 27.6. The van der Waals surface area contributed by atoms with E-state index < -0.39 is 6.17 Å². The van der Waals surface area contributed by atoms with Crippen LogP contribution in [0, 0.1) is 5.92 Å². The molecule has 1 aromatic heterocycles. The fourth-order valence-electron chi connectivity index (χ4n) is 3.66. The number of likely N-dealkylation sites (N-methyl/N-ethyl adjacent to an activating group) is 1. The molecule has 7 heteroatoms. The van der Waals surface area contributed by atoms with Gasteiger partial charge in [0.05, 0.1) is 5.69 Å². The first-order valence-electron chi connectivity index (χ1n) is 8.81. The third-order valence-electron chi connectivity index (χ3n) is 5.45. The van der Waals surface area contributed by atoms with E-state index in [1.807, 2.05) is 11.1 Å². The number of hydrogen-bond acceptors (Lipinski definition) is 5. The van der Waals surface area contributed by atoms with Gasteiger partial charge in [-0.1, -0.05) is 0 Å². The molecule has 0 spiro atoms. The standard InChI is InChI=1S/C17H24FN5O/c1-21-4-6-22(7-5-21)17-19-10-13-11-23(3-2-15(13)20-17)16(24)12-8-14(18)9-12/h10,12,14H,2-9,11H2,1H3. The van der Waals surface area contributed by atoms with E-state index in [1.54, 1.807) is 0 Å². The van der Waals surface area contributed by atoms with E-state index in [9.17, 15) is 9.18 Å². The highest BCUT2D eigenvalue weighted by Crippen LogP contribution is 2.33. The summed E-state index contributed by atoms with van der Waals surface area (Å²) in [6.45, 7) is 5.19. The Kier molecular flexibility index (Phi) is 4.12. The second-order valence-electron chi connectivity index (χ2n) is 7.21. The topological polar surface area (TPSA) is 52.6 Å². The minimum absolute atomic E-state index is 0.0951. The summed E-state index contributed by atoms with van der Waals surface area (Å²) in [5, 5.41) is 0. The number of aromatic nitrogens is 2. The highest BCUT2D eigenvalue weighted by Gasteiger charge is 2.38. The van der Waals surface area contributed by atoms with Crippen LogP contribution >= 0.6 is 0 Å². The second kappa shape index (κ2) is 6.27. The van der Waals surface area contributed by atoms with Crippen molar-refractivity contribution in [3.63, 3.8) is 0 Å². The Labute approximate surface area is 141 Å². The van der Waals surface area contributed by atoms with E-state index in [1.165, 1.54) is 0 Å². The molecule has 130 valence electrons. The van der Waals surface area contributed by atoms with Crippen molar-refractivity contribution >= 4 is 11.9 Å². The maximum Gasteiger partial charge on any atom is 0.226 e. The maximum atomic E-state index is 13.0. The van der Waals surface area contributed by atoms with Crippen LogP contribution in [0.5, 0.6) is 0 Å². The Morgan fingerprint density at radius 1 is 1.21 bits per heavy atom. The number of rotatable bonds is 2. The van der Waals surface area contributed by atoms with Crippen LogP contribution in [0.3, 0.4) is 0 Å². The Bertz CT molecular complexity index is 625. The summed E-state index contributed by atoms with van der Waals surface area (Å²) in [6.07, 6.45) is 2.62. The lowest BCUT2D eigenvalue weighted by molar-refractivity contribution is -0.141. The SMILES string of the molecule is CN1CCN(c2ncc3c(n2)CCN(C(=O)C2CC(F)C2)C3)CC1. The molecule has 1 aromatic rings. The van der Waals surface area contributed by atoms with Crippen LogP contribution in [-0.2, 0) is 17.8 Å². The van der Waals surface area contributed by atoms with Gasteiger partial charge in [0.25, 0.3) is 0 Å². The molecule has 3 heterocycles. The van der Waals surface area contributed by atoms with Crippen LogP contribution in [-0.4, -0.2) is 71.6 Å². The molecule has 0 atom stereocenters. The number of piperazine rings is 1. The van der Waals surface area contributed by atoms with Crippen molar-refractivity contribution in [3.05, 3.63) is 17.5 Å². The van der Waals surface area contributed by atoms with Crippen LogP contribution in [0.1, 0.15) is 24.1 Å². The third kappa shape index (κ3) is 2.97. The molecule has 0 N–H and O–H groups in total. The van der Waals surface area contributed by atoms with Gasteiger partial charge in [-0.3, -0.25) is 4.79 Å². The van der Waals surface area contributed by atoms with Gasteiger partial charge in [0.2, 0.25) is 11.9 Å². The zero-order valence-electron chi connectivity index (χ0n) is 14.1. The molecule has 3 aliphatic rings. The van der Waals surface area contributed by atoms with Crippen molar-refractivity contribution in [1.82, 2.24) is 19.8 Å². The predicted octanol–water partition coefficient (Wildman–Crippen LogP) is 0.861. The van der Waals surface area contributed by atoms with Crippen LogP contribution in [0.4, 0.5) is 10.3 Å². The molecular weight excluding hydrogens is 309 g/mol. The molecule has 1 saturated heterocycles. The lowest BCUT2D eigenvalue weighted by Crippen LogP contribution is -2.46. The maximum absolute atomic E-state index is 13.0. The molecule has 4 rings (SSSR count). The van der Waals surface area contributed by atoms with Gasteiger partial charge < -0.3 is 14.7 Å². The first kappa shape index (κ1) is 15.7. The van der Waals surface area contributed by atoms with Crippen LogP contribution in [0.15, 0.2) is 6.20 Å². The minimum Gasteiger partial charge on any atom is -0.338 e. The molecule has 2 fully saturated rings. The van der Waals surface area contributed by atoms with Crippen molar-refractivity contribution in [2.24, 2.45) is 5.92 Å². The molecule has 1 aliphatic carbocycles. The quantitative estimate of drug-likeness (QED) is 0.804. The van der Waals surface area contributed by atoms with Crippen LogP contribution in [0.25, 0.3) is 0 Å². The Morgan fingerprint density at radius 2 is 1.96 bits per heavy atom. The van der Waals surface area contributed by atoms with Crippen LogP contribution in [0.2, 0.25) is 0 Å². The number of halogens is 1. The molecule has 0 unspecified atom stereocenters. The van der Waals surface area contributed by atoms with E-state index in [2.05, 4.69) is 21.8 Å². The smallest absolute Gasteiger partial charge is 0.226 e. The van der Waals surface area contributed by atoms with Gasteiger partial charge in [-0.05, 0) is 19.9 Å². The molecule has 2 aliphatic heterocycles. The zero-order valence-corrected chi connectivity index (χ0v) is 14.1. The Morgan fingerprint density at radius 3 is 2.67 bits per heavy atom. The van der Waals surface area contributed by atoms with Crippen molar-refractivity contribution in [2.75, 3.05) is 44.7 Å². The fourth-order valence-corrected chi connectivity index (χ4v) is 3.66. The number of fused-ring (bicyclic) bond motifs is 1. The number of amides is 1. The monoisotopic (exact) mass is 333 g/mol. The summed E-state index contributed by atoms with van der Waals surface area (Å²) >= 11 is 0. The third-order valence-corrected chi connectivity index (χ3v) is 5.45. The average Bonchev–Trinajstić information content (AvgIpc) is 2.58. The van der Waals surface area contributed by atoms with Gasteiger partial charge in [0, 0.05) is 63.4 Å². The first-order valence-corrected chi connectivity index (χ1v) is 8.81. The second-order valence-corrected chi connectivity index (χ2v) is 7.21. The van der Waals surface area contributed by atoms with Crippen molar-refractivity contribution in [3.8, 4) is 0 Å². The molecule has 0 bridgehead atoms. The summed E-state index contributed by atoms with van der Waals surface area (Å²) < 4.78 is 13.0. The van der Waals surface area contributed by atoms with Crippen molar-refractivity contribution in [1.29, 1.82) is 0 Å². The van der Waals surface area contributed by atoms with Crippen LogP contribution < -0.4 is 4.90 Å². The fraction of sp³-hybridized carbons (Fsp3) is 0.706. The highest BCUT2D eigenvalue weighted by molar-refractivity contribution is 5.80. The largest absolute Gasteiger partial charge is 0.338 e. The lowest BCUT2D eigenvalue weighted by atomic mass is 9.82. The Balaban J connectivity index is 1.43. The molecule has 1 saturated carbocycles. The number of carbonyl (C=O) groups excluding carboxylic acids is 1. The first-order chi connectivity index (χ1) is 11.6. The van der Waals surface area contributed by atoms with Crippen molar-refractivity contribution < 1.29 is 9.18 Å². The van der Waals surface area contributed by atoms with Gasteiger partial charge in [-0.15, -0.1) is 0 Å². The number of anilines is 1. The van der Waals surface area contributed by atoms with Gasteiger partial charge in [0.1, 0.15) is 6.17 Å². The van der Waals surface area contributed by atoms with E-state index in [4.69, 9.17) is 4.98 Å². The Hall–Kier alpha value is -1.76. The summed E-state index contributed by atoms with van der Waals surface area (Å²) in [4.78, 5) is 28.0. The van der Waals surface area contributed by atoms with E-state index in [-0.39, 0.29) is 11.8 Å². The average molecular weight is 333 g/mol. The molecule has 1 amide bonds. The zero-order chi connectivity index (χ0) is 16.7. The summed E-state index contributed by atoms with van der Waals surface area (Å²) in [7, 11) is 2.13. The minimum atomic E-state index is -0.787. The van der Waals surface area contributed by atoms with Gasteiger partial charge >= 0.3 is 0 Å². The summed E-state index contributed by atoms with van der Waals surface area (Å²) in [6, 6.07) is 0. The molecule has 6 nitrogen and oxygen atoms in total.